The first kappa shape index (κ1) is 13.7. The minimum absolute atomic E-state index is 0.613. The molecule has 0 amide bonds. The zero-order valence-electron chi connectivity index (χ0n) is 11.9. The van der Waals surface area contributed by atoms with Gasteiger partial charge in [0, 0.05) is 0 Å². The maximum atomic E-state index is 2.36. The van der Waals surface area contributed by atoms with Crippen LogP contribution in [-0.2, 0) is 0 Å². The molecule has 1 heterocycles. The van der Waals surface area contributed by atoms with E-state index < -0.39 is 0 Å². The Morgan fingerprint density at radius 2 is 1.94 bits per heavy atom. The van der Waals surface area contributed by atoms with Gasteiger partial charge in [0.05, 0.1) is 0 Å². The van der Waals surface area contributed by atoms with Gasteiger partial charge < -0.3 is 0 Å². The van der Waals surface area contributed by atoms with Gasteiger partial charge in [-0.1, -0.05) is 45.9 Å². The van der Waals surface area contributed by atoms with Crippen LogP contribution in [0.25, 0.3) is 6.08 Å². The third kappa shape index (κ3) is 2.83. The van der Waals surface area contributed by atoms with E-state index in [4.69, 9.17) is 0 Å². The van der Waals surface area contributed by atoms with Gasteiger partial charge in [-0.15, -0.1) is 11.8 Å². The molecule has 0 bridgehead atoms. The van der Waals surface area contributed by atoms with E-state index in [9.17, 15) is 0 Å². The Hall–Kier alpha value is -0.690. The minimum Gasteiger partial charge on any atom is -0.134 e. The van der Waals surface area contributed by atoms with Crippen LogP contribution in [0.15, 0.2) is 23.6 Å². The van der Waals surface area contributed by atoms with E-state index >= 15 is 0 Å². The van der Waals surface area contributed by atoms with Gasteiger partial charge in [0.15, 0.2) is 0 Å². The number of hydrogen-bond donors (Lipinski definition) is 0. The van der Waals surface area contributed by atoms with Gasteiger partial charge in [0.25, 0.3) is 0 Å². The summed E-state index contributed by atoms with van der Waals surface area (Å²) in [6.45, 7) is 9.34. The van der Waals surface area contributed by atoms with E-state index in [1.165, 1.54) is 17.7 Å². The SMILES string of the molecule is CC(C)c1cccc2c1C(C(C)C)CCSC=C2. The summed E-state index contributed by atoms with van der Waals surface area (Å²) in [6.07, 6.45) is 3.60. The highest BCUT2D eigenvalue weighted by molar-refractivity contribution is 8.02. The molecule has 0 spiro atoms. The maximum Gasteiger partial charge on any atom is -0.00200 e. The fourth-order valence-corrected chi connectivity index (χ4v) is 3.64. The molecule has 0 saturated carbocycles. The van der Waals surface area contributed by atoms with Crippen molar-refractivity contribution in [1.29, 1.82) is 0 Å². The number of rotatable bonds is 2. The number of benzene rings is 1. The topological polar surface area (TPSA) is 0 Å². The summed E-state index contributed by atoms with van der Waals surface area (Å²) in [6, 6.07) is 6.81. The second-order valence-corrected chi connectivity index (χ2v) is 6.83. The number of hydrogen-bond acceptors (Lipinski definition) is 1. The Kier molecular flexibility index (Phi) is 4.55. The first-order chi connectivity index (χ1) is 8.61. The Balaban J connectivity index is 2.58. The van der Waals surface area contributed by atoms with Crippen LogP contribution in [0, 0.1) is 5.92 Å². The summed E-state index contributed by atoms with van der Waals surface area (Å²) in [4.78, 5) is 0. The minimum atomic E-state index is 0.613. The first-order valence-corrected chi connectivity index (χ1v) is 8.07. The second-order valence-electron chi connectivity index (χ2n) is 5.82. The lowest BCUT2D eigenvalue weighted by Gasteiger charge is -2.28. The normalized spacial score (nSPS) is 19.8. The van der Waals surface area contributed by atoms with Gasteiger partial charge in [-0.3, -0.25) is 0 Å². The molecule has 0 aromatic heterocycles. The van der Waals surface area contributed by atoms with E-state index in [1.807, 2.05) is 11.8 Å². The first-order valence-electron chi connectivity index (χ1n) is 7.02. The van der Waals surface area contributed by atoms with Crippen molar-refractivity contribution in [2.24, 2.45) is 5.92 Å². The predicted octanol–water partition coefficient (Wildman–Crippen LogP) is 5.66. The molecule has 1 unspecified atom stereocenters. The molecule has 2 rings (SSSR count). The van der Waals surface area contributed by atoms with Crippen LogP contribution in [0.2, 0.25) is 0 Å². The van der Waals surface area contributed by atoms with Crippen molar-refractivity contribution in [2.45, 2.75) is 46.0 Å². The quantitative estimate of drug-likeness (QED) is 0.661. The second kappa shape index (κ2) is 5.97. The third-order valence-corrected chi connectivity index (χ3v) is 4.66. The zero-order valence-corrected chi connectivity index (χ0v) is 12.8. The van der Waals surface area contributed by atoms with E-state index in [-0.39, 0.29) is 0 Å². The molecule has 0 fully saturated rings. The van der Waals surface area contributed by atoms with Crippen LogP contribution in [0.5, 0.6) is 0 Å². The summed E-state index contributed by atoms with van der Waals surface area (Å²) in [5.41, 5.74) is 4.59. The highest BCUT2D eigenvalue weighted by Gasteiger charge is 2.23. The van der Waals surface area contributed by atoms with Crippen LogP contribution < -0.4 is 0 Å². The molecule has 1 heteroatoms. The zero-order chi connectivity index (χ0) is 13.1. The summed E-state index contributed by atoms with van der Waals surface area (Å²) in [5.74, 6) is 3.28. The fraction of sp³-hybridized carbons (Fsp3) is 0.529. The average Bonchev–Trinajstić information content (AvgIpc) is 2.28. The van der Waals surface area contributed by atoms with Crippen LogP contribution in [0.1, 0.15) is 62.6 Å². The molecule has 1 aromatic rings. The molecule has 0 saturated heterocycles. The summed E-state index contributed by atoms with van der Waals surface area (Å²) < 4.78 is 0. The van der Waals surface area contributed by atoms with Crippen molar-refractivity contribution >= 4 is 17.8 Å². The van der Waals surface area contributed by atoms with Crippen LogP contribution in [0.3, 0.4) is 0 Å². The summed E-state index contributed by atoms with van der Waals surface area (Å²) in [7, 11) is 0. The van der Waals surface area contributed by atoms with Crippen LogP contribution in [0.4, 0.5) is 0 Å². The third-order valence-electron chi connectivity index (χ3n) is 3.86. The van der Waals surface area contributed by atoms with E-state index in [1.54, 1.807) is 11.1 Å². The van der Waals surface area contributed by atoms with Gasteiger partial charge in [-0.2, -0.15) is 0 Å². The molecule has 0 radical (unpaired) electrons. The monoisotopic (exact) mass is 260 g/mol. The molecule has 1 aliphatic rings. The lowest BCUT2D eigenvalue weighted by molar-refractivity contribution is 0.482. The van der Waals surface area contributed by atoms with E-state index in [0.29, 0.717) is 11.8 Å². The molecular weight excluding hydrogens is 236 g/mol. The molecule has 0 nitrogen and oxygen atoms in total. The van der Waals surface area contributed by atoms with Crippen LogP contribution in [-0.4, -0.2) is 5.75 Å². The lowest BCUT2D eigenvalue weighted by atomic mass is 9.78. The van der Waals surface area contributed by atoms with Gasteiger partial charge in [0.1, 0.15) is 0 Å². The number of fused-ring (bicyclic) bond motifs is 1. The summed E-state index contributed by atoms with van der Waals surface area (Å²) >= 11 is 1.95. The van der Waals surface area contributed by atoms with Gasteiger partial charge in [-0.05, 0) is 58.1 Å². The maximum absolute atomic E-state index is 2.36. The van der Waals surface area contributed by atoms with Gasteiger partial charge >= 0.3 is 0 Å². The lowest BCUT2D eigenvalue weighted by Crippen LogP contribution is -2.13. The average molecular weight is 260 g/mol. The van der Waals surface area contributed by atoms with E-state index in [2.05, 4.69) is 57.4 Å². The van der Waals surface area contributed by atoms with Gasteiger partial charge in [-0.25, -0.2) is 0 Å². The van der Waals surface area contributed by atoms with Crippen molar-refractivity contribution in [1.82, 2.24) is 0 Å². The Labute approximate surface area is 116 Å². The Morgan fingerprint density at radius 3 is 2.61 bits per heavy atom. The molecule has 1 aliphatic heterocycles. The number of thioether (sulfide) groups is 1. The fourth-order valence-electron chi connectivity index (χ4n) is 2.87. The summed E-state index contributed by atoms with van der Waals surface area (Å²) in [5, 5.41) is 2.26. The largest absolute Gasteiger partial charge is 0.134 e. The molecule has 98 valence electrons. The molecule has 0 aliphatic carbocycles. The van der Waals surface area contributed by atoms with Crippen molar-refractivity contribution in [3.63, 3.8) is 0 Å². The smallest absolute Gasteiger partial charge is 0.00200 e. The standard InChI is InChI=1S/C17H24S/c1-12(2)15-7-5-6-14-8-10-18-11-9-16(13(3)4)17(14)15/h5-8,10,12-13,16H,9,11H2,1-4H3. The highest BCUT2D eigenvalue weighted by Crippen LogP contribution is 2.38. The predicted molar refractivity (Wildman–Crippen MR) is 84.2 cm³/mol. The molecule has 18 heavy (non-hydrogen) atoms. The Bertz CT molecular complexity index is 429. The van der Waals surface area contributed by atoms with Crippen molar-refractivity contribution in [2.75, 3.05) is 5.75 Å². The van der Waals surface area contributed by atoms with Gasteiger partial charge in [0.2, 0.25) is 0 Å². The van der Waals surface area contributed by atoms with Crippen molar-refractivity contribution < 1.29 is 0 Å². The molecular formula is C17H24S. The highest BCUT2D eigenvalue weighted by atomic mass is 32.2. The molecule has 1 aromatic carbocycles. The molecule has 0 N–H and O–H groups in total. The van der Waals surface area contributed by atoms with Crippen molar-refractivity contribution in [3.05, 3.63) is 40.3 Å². The molecule has 1 atom stereocenters. The van der Waals surface area contributed by atoms with Crippen LogP contribution >= 0.6 is 11.8 Å². The Morgan fingerprint density at radius 1 is 1.17 bits per heavy atom. The van der Waals surface area contributed by atoms with E-state index in [0.717, 1.165) is 5.92 Å². The van der Waals surface area contributed by atoms with Crippen molar-refractivity contribution in [3.8, 4) is 0 Å².